The number of rotatable bonds is 3. The summed E-state index contributed by atoms with van der Waals surface area (Å²) in [7, 11) is 0. The van der Waals surface area contributed by atoms with Gasteiger partial charge in [-0.1, -0.05) is 24.6 Å². The van der Waals surface area contributed by atoms with Crippen molar-refractivity contribution in [2.75, 3.05) is 11.9 Å². The summed E-state index contributed by atoms with van der Waals surface area (Å²) in [5.41, 5.74) is 4.57. The number of hydrogen-bond acceptors (Lipinski definition) is 1. The first-order chi connectivity index (χ1) is 6.59. The van der Waals surface area contributed by atoms with Crippen LogP contribution in [0.4, 0.5) is 5.69 Å². The number of nitrogens with one attached hydrogen (secondary N) is 1. The Bertz CT molecular complexity index is 337. The van der Waals surface area contributed by atoms with Gasteiger partial charge in [-0.05, 0) is 43.7 Å². The fourth-order valence-corrected chi connectivity index (χ4v) is 1.71. The lowest BCUT2D eigenvalue weighted by atomic mass is 10.1. The van der Waals surface area contributed by atoms with Crippen LogP contribution < -0.4 is 5.32 Å². The van der Waals surface area contributed by atoms with Crippen molar-refractivity contribution in [3.05, 3.63) is 29.3 Å². The minimum Gasteiger partial charge on any atom is -0.384 e. The Balaban J connectivity index is 2.02. The summed E-state index contributed by atoms with van der Waals surface area (Å²) in [4.78, 5) is 0. The van der Waals surface area contributed by atoms with Gasteiger partial charge in [-0.2, -0.15) is 0 Å². The van der Waals surface area contributed by atoms with Crippen LogP contribution >= 0.6 is 0 Å². The smallest absolute Gasteiger partial charge is 0.0370 e. The molecule has 1 heteroatoms. The first kappa shape index (κ1) is 9.57. The molecule has 0 aliphatic heterocycles. The topological polar surface area (TPSA) is 12.0 Å². The van der Waals surface area contributed by atoms with Gasteiger partial charge in [0.25, 0.3) is 0 Å². The Morgan fingerprint density at radius 3 is 2.57 bits per heavy atom. The third-order valence-corrected chi connectivity index (χ3v) is 3.19. The molecule has 0 amide bonds. The molecule has 1 aromatic carbocycles. The van der Waals surface area contributed by atoms with Crippen molar-refractivity contribution in [3.8, 4) is 0 Å². The van der Waals surface area contributed by atoms with Gasteiger partial charge >= 0.3 is 0 Å². The van der Waals surface area contributed by atoms with E-state index >= 15 is 0 Å². The van der Waals surface area contributed by atoms with E-state index in [1.807, 2.05) is 0 Å². The highest BCUT2D eigenvalue weighted by atomic mass is 14.9. The quantitative estimate of drug-likeness (QED) is 0.767. The summed E-state index contributed by atoms with van der Waals surface area (Å²) >= 11 is 0. The zero-order valence-electron chi connectivity index (χ0n) is 9.35. The molecule has 1 fully saturated rings. The summed E-state index contributed by atoms with van der Waals surface area (Å²) < 4.78 is 0. The van der Waals surface area contributed by atoms with E-state index in [0.717, 1.165) is 6.54 Å². The van der Waals surface area contributed by atoms with E-state index in [1.54, 1.807) is 0 Å². The van der Waals surface area contributed by atoms with E-state index in [-0.39, 0.29) is 0 Å². The zero-order chi connectivity index (χ0) is 10.2. The van der Waals surface area contributed by atoms with E-state index in [2.05, 4.69) is 44.3 Å². The van der Waals surface area contributed by atoms with E-state index < -0.39 is 0 Å². The molecule has 0 heterocycles. The second kappa shape index (κ2) is 3.30. The predicted molar refractivity (Wildman–Crippen MR) is 61.7 cm³/mol. The maximum Gasteiger partial charge on any atom is 0.0370 e. The zero-order valence-corrected chi connectivity index (χ0v) is 9.35. The molecule has 76 valence electrons. The molecule has 0 unspecified atom stereocenters. The van der Waals surface area contributed by atoms with Gasteiger partial charge in [-0.15, -0.1) is 0 Å². The molecule has 1 N–H and O–H groups in total. The number of aryl methyl sites for hydroxylation is 2. The molecule has 0 bridgehead atoms. The first-order valence-electron chi connectivity index (χ1n) is 5.40. The number of anilines is 1. The molecule has 1 aliphatic carbocycles. The molecular weight excluding hydrogens is 170 g/mol. The highest BCUT2D eigenvalue weighted by molar-refractivity contribution is 5.52. The molecule has 1 aromatic rings. The number of benzene rings is 1. The maximum absolute atomic E-state index is 3.54. The summed E-state index contributed by atoms with van der Waals surface area (Å²) in [5, 5.41) is 3.54. The molecule has 1 nitrogen and oxygen atoms in total. The highest BCUT2D eigenvalue weighted by Gasteiger charge is 2.36. The Morgan fingerprint density at radius 2 is 2.00 bits per heavy atom. The van der Waals surface area contributed by atoms with Crippen molar-refractivity contribution in [2.45, 2.75) is 33.6 Å². The maximum atomic E-state index is 3.54. The van der Waals surface area contributed by atoms with E-state index in [4.69, 9.17) is 0 Å². The van der Waals surface area contributed by atoms with Crippen LogP contribution in [0.2, 0.25) is 0 Å². The third kappa shape index (κ3) is 2.09. The SMILES string of the molecule is Cc1ccc(NCC2(C)CC2)c(C)c1. The second-order valence-electron chi connectivity index (χ2n) is 4.98. The molecular formula is C13H19N. The normalized spacial score (nSPS) is 17.9. The Labute approximate surface area is 86.5 Å². The predicted octanol–water partition coefficient (Wildman–Crippen LogP) is 3.52. The van der Waals surface area contributed by atoms with Crippen molar-refractivity contribution >= 4 is 5.69 Å². The lowest BCUT2D eigenvalue weighted by molar-refractivity contribution is 0.610. The minimum absolute atomic E-state index is 0.581. The summed E-state index contributed by atoms with van der Waals surface area (Å²) in [6, 6.07) is 6.60. The van der Waals surface area contributed by atoms with Crippen LogP contribution in [0.3, 0.4) is 0 Å². The van der Waals surface area contributed by atoms with Gasteiger partial charge in [0.1, 0.15) is 0 Å². The van der Waals surface area contributed by atoms with Crippen molar-refractivity contribution < 1.29 is 0 Å². The summed E-state index contributed by atoms with van der Waals surface area (Å²) in [5.74, 6) is 0. The first-order valence-corrected chi connectivity index (χ1v) is 5.40. The van der Waals surface area contributed by atoms with Crippen LogP contribution in [0.1, 0.15) is 30.9 Å². The fraction of sp³-hybridized carbons (Fsp3) is 0.538. The molecule has 0 saturated heterocycles. The van der Waals surface area contributed by atoms with Crippen LogP contribution in [-0.2, 0) is 0 Å². The fourth-order valence-electron chi connectivity index (χ4n) is 1.71. The van der Waals surface area contributed by atoms with E-state index in [9.17, 15) is 0 Å². The molecule has 14 heavy (non-hydrogen) atoms. The summed E-state index contributed by atoms with van der Waals surface area (Å²) in [6.07, 6.45) is 2.76. The molecule has 1 saturated carbocycles. The van der Waals surface area contributed by atoms with Gasteiger partial charge in [0.15, 0.2) is 0 Å². The average Bonchev–Trinajstić information content (AvgIpc) is 2.83. The van der Waals surface area contributed by atoms with Crippen LogP contribution in [0.25, 0.3) is 0 Å². The van der Waals surface area contributed by atoms with Crippen LogP contribution in [0.15, 0.2) is 18.2 Å². The monoisotopic (exact) mass is 189 g/mol. The van der Waals surface area contributed by atoms with Gasteiger partial charge in [-0.3, -0.25) is 0 Å². The Kier molecular flexibility index (Phi) is 2.26. The molecule has 0 radical (unpaired) electrons. The van der Waals surface area contributed by atoms with Crippen LogP contribution in [-0.4, -0.2) is 6.54 Å². The Morgan fingerprint density at radius 1 is 1.29 bits per heavy atom. The van der Waals surface area contributed by atoms with Crippen molar-refractivity contribution in [1.82, 2.24) is 0 Å². The Hall–Kier alpha value is -0.980. The lowest BCUT2D eigenvalue weighted by Crippen LogP contribution is -2.12. The van der Waals surface area contributed by atoms with Crippen molar-refractivity contribution in [3.63, 3.8) is 0 Å². The molecule has 0 aromatic heterocycles. The second-order valence-corrected chi connectivity index (χ2v) is 4.98. The van der Waals surface area contributed by atoms with Gasteiger partial charge in [0.2, 0.25) is 0 Å². The van der Waals surface area contributed by atoms with Crippen molar-refractivity contribution in [1.29, 1.82) is 0 Å². The average molecular weight is 189 g/mol. The third-order valence-electron chi connectivity index (χ3n) is 3.19. The number of hydrogen-bond donors (Lipinski definition) is 1. The van der Waals surface area contributed by atoms with Crippen LogP contribution in [0, 0.1) is 19.3 Å². The standard InChI is InChI=1S/C13H19N/c1-10-4-5-12(11(2)8-10)14-9-13(3)6-7-13/h4-5,8,14H,6-7,9H2,1-3H3. The molecule has 0 atom stereocenters. The van der Waals surface area contributed by atoms with Gasteiger partial charge in [-0.25, -0.2) is 0 Å². The minimum atomic E-state index is 0.581. The van der Waals surface area contributed by atoms with Gasteiger partial charge in [0, 0.05) is 12.2 Å². The highest BCUT2D eigenvalue weighted by Crippen LogP contribution is 2.44. The van der Waals surface area contributed by atoms with E-state index in [1.165, 1.54) is 29.7 Å². The van der Waals surface area contributed by atoms with Crippen molar-refractivity contribution in [2.24, 2.45) is 5.41 Å². The van der Waals surface area contributed by atoms with E-state index in [0.29, 0.717) is 5.41 Å². The lowest BCUT2D eigenvalue weighted by Gasteiger charge is -2.13. The molecule has 0 spiro atoms. The molecule has 1 aliphatic rings. The van der Waals surface area contributed by atoms with Gasteiger partial charge < -0.3 is 5.32 Å². The van der Waals surface area contributed by atoms with Crippen LogP contribution in [0.5, 0.6) is 0 Å². The largest absolute Gasteiger partial charge is 0.384 e. The molecule has 2 rings (SSSR count). The summed E-state index contributed by atoms with van der Waals surface area (Å²) in [6.45, 7) is 7.78. The van der Waals surface area contributed by atoms with Gasteiger partial charge in [0.05, 0.1) is 0 Å².